The molecular formula is C10H9F2NO2. The van der Waals surface area contributed by atoms with Crippen LogP contribution in [0, 0.1) is 11.6 Å². The first-order valence-electron chi connectivity index (χ1n) is 4.30. The van der Waals surface area contributed by atoms with Crippen molar-refractivity contribution in [2.45, 2.75) is 6.42 Å². The first-order chi connectivity index (χ1) is 7.13. The number of aldehydes is 1. The molecule has 0 aliphatic heterocycles. The van der Waals surface area contributed by atoms with Crippen molar-refractivity contribution in [1.82, 2.24) is 5.32 Å². The highest BCUT2D eigenvalue weighted by Crippen LogP contribution is 2.09. The van der Waals surface area contributed by atoms with Gasteiger partial charge in [-0.15, -0.1) is 0 Å². The van der Waals surface area contributed by atoms with E-state index < -0.39 is 17.5 Å². The molecule has 1 rings (SSSR count). The zero-order valence-corrected chi connectivity index (χ0v) is 7.80. The molecule has 0 atom stereocenters. The van der Waals surface area contributed by atoms with Crippen LogP contribution >= 0.6 is 0 Å². The molecule has 0 aliphatic rings. The monoisotopic (exact) mass is 213 g/mol. The van der Waals surface area contributed by atoms with Crippen LogP contribution in [0.2, 0.25) is 0 Å². The first-order valence-corrected chi connectivity index (χ1v) is 4.30. The molecule has 0 aromatic heterocycles. The van der Waals surface area contributed by atoms with Gasteiger partial charge in [-0.2, -0.15) is 0 Å². The maximum atomic E-state index is 13.0. The lowest BCUT2D eigenvalue weighted by Gasteiger charge is -2.03. The van der Waals surface area contributed by atoms with E-state index in [0.717, 1.165) is 18.2 Å². The van der Waals surface area contributed by atoms with Crippen LogP contribution in [0.15, 0.2) is 18.2 Å². The van der Waals surface area contributed by atoms with Crippen LogP contribution < -0.4 is 5.32 Å². The Bertz CT molecular complexity index is 380. The fourth-order valence-corrected chi connectivity index (χ4v) is 1.10. The number of hydrogen-bond acceptors (Lipinski definition) is 2. The lowest BCUT2D eigenvalue weighted by molar-refractivity contribution is -0.131. The van der Waals surface area contributed by atoms with Crippen LogP contribution in [0.5, 0.6) is 0 Å². The molecule has 1 amide bonds. The second kappa shape index (κ2) is 5.19. The quantitative estimate of drug-likeness (QED) is 0.594. The van der Waals surface area contributed by atoms with E-state index in [-0.39, 0.29) is 24.8 Å². The smallest absolute Gasteiger partial charge is 0.284 e. The molecule has 0 aliphatic carbocycles. The van der Waals surface area contributed by atoms with Crippen molar-refractivity contribution in [3.8, 4) is 0 Å². The van der Waals surface area contributed by atoms with Gasteiger partial charge in [0.15, 0.2) is 0 Å². The average molecular weight is 213 g/mol. The molecule has 0 bridgehead atoms. The topological polar surface area (TPSA) is 46.2 Å². The predicted molar refractivity (Wildman–Crippen MR) is 49.1 cm³/mol. The van der Waals surface area contributed by atoms with Gasteiger partial charge in [0.1, 0.15) is 11.6 Å². The van der Waals surface area contributed by atoms with E-state index in [1.165, 1.54) is 0 Å². The highest BCUT2D eigenvalue weighted by Gasteiger charge is 2.04. The van der Waals surface area contributed by atoms with Gasteiger partial charge < -0.3 is 5.32 Å². The third kappa shape index (κ3) is 3.46. The van der Waals surface area contributed by atoms with E-state index in [0.29, 0.717) is 0 Å². The van der Waals surface area contributed by atoms with Crippen molar-refractivity contribution in [2.24, 2.45) is 0 Å². The minimum atomic E-state index is -0.771. The molecule has 1 N–H and O–H groups in total. The SMILES string of the molecule is O=CC(=O)NCCc1cc(F)ccc1F. The standard InChI is InChI=1S/C10H9F2NO2/c11-8-1-2-9(12)7(5-8)3-4-13-10(15)6-14/h1-2,5-6H,3-4H2,(H,13,15). The van der Waals surface area contributed by atoms with E-state index in [1.807, 2.05) is 0 Å². The van der Waals surface area contributed by atoms with Gasteiger partial charge in [-0.1, -0.05) is 0 Å². The molecule has 0 saturated carbocycles. The second-order valence-corrected chi connectivity index (χ2v) is 2.89. The number of carbonyl (C=O) groups is 2. The van der Waals surface area contributed by atoms with Crippen molar-refractivity contribution in [3.05, 3.63) is 35.4 Å². The minimum absolute atomic E-state index is 0.0952. The zero-order valence-electron chi connectivity index (χ0n) is 7.80. The Morgan fingerprint density at radius 2 is 2.13 bits per heavy atom. The van der Waals surface area contributed by atoms with Crippen LogP contribution in [0.1, 0.15) is 5.56 Å². The van der Waals surface area contributed by atoms with Crippen molar-refractivity contribution in [2.75, 3.05) is 6.54 Å². The lowest BCUT2D eigenvalue weighted by Crippen LogP contribution is -2.26. The molecule has 1 aromatic carbocycles. The summed E-state index contributed by atoms with van der Waals surface area (Å²) in [5.41, 5.74) is 0.168. The predicted octanol–water partition coefficient (Wildman–Crippen LogP) is 0.822. The molecule has 0 heterocycles. The number of benzene rings is 1. The van der Waals surface area contributed by atoms with Crippen LogP contribution in [-0.2, 0) is 16.0 Å². The fourth-order valence-electron chi connectivity index (χ4n) is 1.10. The number of amides is 1. The van der Waals surface area contributed by atoms with Crippen molar-refractivity contribution < 1.29 is 18.4 Å². The van der Waals surface area contributed by atoms with Crippen LogP contribution in [0.3, 0.4) is 0 Å². The fraction of sp³-hybridized carbons (Fsp3) is 0.200. The lowest BCUT2D eigenvalue weighted by atomic mass is 10.1. The second-order valence-electron chi connectivity index (χ2n) is 2.89. The Morgan fingerprint density at radius 1 is 1.40 bits per heavy atom. The number of nitrogens with one attached hydrogen (secondary N) is 1. The molecule has 0 radical (unpaired) electrons. The molecule has 80 valence electrons. The minimum Gasteiger partial charge on any atom is -0.349 e. The van der Waals surface area contributed by atoms with E-state index in [9.17, 15) is 18.4 Å². The van der Waals surface area contributed by atoms with Gasteiger partial charge in [-0.25, -0.2) is 8.78 Å². The molecule has 0 spiro atoms. The summed E-state index contributed by atoms with van der Waals surface area (Å²) in [5, 5.41) is 2.23. The Morgan fingerprint density at radius 3 is 2.80 bits per heavy atom. The first kappa shape index (κ1) is 11.3. The molecule has 0 fully saturated rings. The van der Waals surface area contributed by atoms with Crippen LogP contribution in [-0.4, -0.2) is 18.7 Å². The normalized spacial score (nSPS) is 9.73. The van der Waals surface area contributed by atoms with Gasteiger partial charge in [0.25, 0.3) is 5.91 Å². The zero-order chi connectivity index (χ0) is 11.3. The summed E-state index contributed by atoms with van der Waals surface area (Å²) < 4.78 is 25.7. The Balaban J connectivity index is 2.53. The number of hydrogen-bond donors (Lipinski definition) is 1. The third-order valence-electron chi connectivity index (χ3n) is 1.81. The molecular weight excluding hydrogens is 204 g/mol. The van der Waals surface area contributed by atoms with Gasteiger partial charge in [0, 0.05) is 6.54 Å². The van der Waals surface area contributed by atoms with Gasteiger partial charge in [0.2, 0.25) is 6.29 Å². The van der Waals surface area contributed by atoms with Crippen molar-refractivity contribution in [3.63, 3.8) is 0 Å². The molecule has 15 heavy (non-hydrogen) atoms. The maximum Gasteiger partial charge on any atom is 0.284 e. The largest absolute Gasteiger partial charge is 0.349 e. The summed E-state index contributed by atoms with van der Waals surface area (Å²) >= 11 is 0. The van der Waals surface area contributed by atoms with Crippen molar-refractivity contribution in [1.29, 1.82) is 0 Å². The van der Waals surface area contributed by atoms with E-state index in [4.69, 9.17) is 0 Å². The van der Waals surface area contributed by atoms with Gasteiger partial charge in [0.05, 0.1) is 0 Å². The number of carbonyl (C=O) groups excluding carboxylic acids is 2. The number of rotatable bonds is 4. The van der Waals surface area contributed by atoms with Gasteiger partial charge in [-0.3, -0.25) is 9.59 Å². The maximum absolute atomic E-state index is 13.0. The van der Waals surface area contributed by atoms with Crippen molar-refractivity contribution >= 4 is 12.2 Å². The van der Waals surface area contributed by atoms with E-state index >= 15 is 0 Å². The molecule has 5 heteroatoms. The van der Waals surface area contributed by atoms with Crippen LogP contribution in [0.25, 0.3) is 0 Å². The summed E-state index contributed by atoms with van der Waals surface area (Å²) in [4.78, 5) is 20.4. The Kier molecular flexibility index (Phi) is 3.91. The third-order valence-corrected chi connectivity index (χ3v) is 1.81. The highest BCUT2D eigenvalue weighted by molar-refractivity contribution is 6.23. The van der Waals surface area contributed by atoms with E-state index in [2.05, 4.69) is 5.32 Å². The number of halogens is 2. The molecule has 0 unspecified atom stereocenters. The molecule has 3 nitrogen and oxygen atoms in total. The Labute approximate surface area is 85.1 Å². The highest BCUT2D eigenvalue weighted by atomic mass is 19.1. The average Bonchev–Trinajstić information content (AvgIpc) is 2.23. The van der Waals surface area contributed by atoms with E-state index in [1.54, 1.807) is 0 Å². The summed E-state index contributed by atoms with van der Waals surface area (Å²) in [6.07, 6.45) is 0.269. The van der Waals surface area contributed by atoms with Crippen LogP contribution in [0.4, 0.5) is 8.78 Å². The Hall–Kier alpha value is -1.78. The summed E-state index contributed by atoms with van der Waals surface area (Å²) in [5.74, 6) is -1.84. The van der Waals surface area contributed by atoms with Gasteiger partial charge >= 0.3 is 0 Å². The molecule has 1 aromatic rings. The van der Waals surface area contributed by atoms with Gasteiger partial charge in [-0.05, 0) is 30.2 Å². The summed E-state index contributed by atoms with van der Waals surface area (Å²) in [6.45, 7) is 0.0952. The summed E-state index contributed by atoms with van der Waals surface area (Å²) in [6, 6.07) is 3.09. The summed E-state index contributed by atoms with van der Waals surface area (Å²) in [7, 11) is 0. The molecule has 0 saturated heterocycles.